The molecule has 6 nitrogen and oxygen atoms in total. The quantitative estimate of drug-likeness (QED) is 0.679. The van der Waals surface area contributed by atoms with E-state index >= 15 is 0 Å². The van der Waals surface area contributed by atoms with Gasteiger partial charge in [-0.1, -0.05) is 0 Å². The van der Waals surface area contributed by atoms with E-state index in [0.29, 0.717) is 12.1 Å². The Kier molecular flexibility index (Phi) is 3.89. The van der Waals surface area contributed by atoms with Crippen LogP contribution in [0.25, 0.3) is 0 Å². The molecule has 1 aromatic rings. The van der Waals surface area contributed by atoms with Gasteiger partial charge < -0.3 is 14.7 Å². The first-order valence-electron chi connectivity index (χ1n) is 8.43. The van der Waals surface area contributed by atoms with Crippen LogP contribution in [-0.2, 0) is 14.8 Å². The minimum Gasteiger partial charge on any atom is -0.399 e. The van der Waals surface area contributed by atoms with Crippen molar-refractivity contribution in [1.29, 1.82) is 10.7 Å². The van der Waals surface area contributed by atoms with Crippen LogP contribution in [-0.4, -0.2) is 33.8 Å². The summed E-state index contributed by atoms with van der Waals surface area (Å²) in [5.74, 6) is 0.253. The Morgan fingerprint density at radius 1 is 1.38 bits per heavy atom. The summed E-state index contributed by atoms with van der Waals surface area (Å²) in [4.78, 5) is 0. The molecule has 0 radical (unpaired) electrons. The molecule has 2 aliphatic rings. The second-order valence-corrected chi connectivity index (χ2v) is 8.15. The fourth-order valence-corrected chi connectivity index (χ4v) is 3.42. The topological polar surface area (TPSA) is 83.9 Å². The number of nitrogens with zero attached hydrogens (tertiary/aromatic N) is 3. The predicted molar refractivity (Wildman–Crippen MR) is 92.3 cm³/mol. The highest BCUT2D eigenvalue weighted by molar-refractivity contribution is 6.62. The lowest BCUT2D eigenvalue weighted by Gasteiger charge is -2.46. The summed E-state index contributed by atoms with van der Waals surface area (Å²) in [5, 5.41) is 21.5. The molecule has 1 N–H and O–H groups in total. The molecule has 0 bridgehead atoms. The van der Waals surface area contributed by atoms with E-state index in [4.69, 9.17) is 14.7 Å². The highest BCUT2D eigenvalue weighted by atomic mass is 16.7. The molecular weight excluding hydrogens is 303 g/mol. The average Bonchev–Trinajstić information content (AvgIpc) is 2.97. The molecule has 1 saturated carbocycles. The van der Waals surface area contributed by atoms with Gasteiger partial charge >= 0.3 is 7.12 Å². The van der Waals surface area contributed by atoms with Gasteiger partial charge in [-0.3, -0.25) is 4.68 Å². The van der Waals surface area contributed by atoms with Crippen LogP contribution in [0, 0.1) is 22.7 Å². The average molecular weight is 328 g/mol. The summed E-state index contributed by atoms with van der Waals surface area (Å²) >= 11 is 0. The molecule has 3 rings (SSSR count). The third-order valence-electron chi connectivity index (χ3n) is 5.89. The van der Waals surface area contributed by atoms with Crippen LogP contribution in [0.15, 0.2) is 12.4 Å². The van der Waals surface area contributed by atoms with Crippen molar-refractivity contribution in [3.05, 3.63) is 12.4 Å². The van der Waals surface area contributed by atoms with Crippen LogP contribution in [0.4, 0.5) is 0 Å². The summed E-state index contributed by atoms with van der Waals surface area (Å²) in [6.45, 7) is 9.94. The number of hydrogen-bond acceptors (Lipinski definition) is 5. The molecule has 24 heavy (non-hydrogen) atoms. The first-order chi connectivity index (χ1) is 11.1. The molecule has 0 spiro atoms. The fraction of sp³-hybridized carbons (Fsp3) is 0.706. The van der Waals surface area contributed by atoms with Crippen molar-refractivity contribution in [3.8, 4) is 6.07 Å². The number of rotatable bonds is 4. The molecular formula is C17H25BN4O2. The molecule has 2 fully saturated rings. The maximum Gasteiger partial charge on any atom is 0.498 e. The molecule has 0 unspecified atom stereocenters. The zero-order chi connectivity index (χ0) is 17.8. The van der Waals surface area contributed by atoms with Gasteiger partial charge in [-0.05, 0) is 47.5 Å². The lowest BCUT2D eigenvalue weighted by molar-refractivity contribution is 0.00578. The van der Waals surface area contributed by atoms with Gasteiger partial charge in [-0.25, -0.2) is 0 Å². The Bertz CT molecular complexity index is 682. The van der Waals surface area contributed by atoms with E-state index < -0.39 is 7.12 Å². The number of nitriles is 1. The minimum absolute atomic E-state index is 0.253. The Balaban J connectivity index is 1.81. The second kappa shape index (κ2) is 5.43. The van der Waals surface area contributed by atoms with Crippen molar-refractivity contribution in [2.75, 3.05) is 0 Å². The highest BCUT2D eigenvalue weighted by Gasteiger charge is 2.53. The molecule has 0 aromatic carbocycles. The Morgan fingerprint density at radius 2 is 1.96 bits per heavy atom. The van der Waals surface area contributed by atoms with Gasteiger partial charge in [0.05, 0.1) is 29.2 Å². The summed E-state index contributed by atoms with van der Waals surface area (Å²) < 4.78 is 14.0. The monoisotopic (exact) mass is 328 g/mol. The van der Waals surface area contributed by atoms with E-state index in [1.54, 1.807) is 6.20 Å². The number of hydrogen-bond donors (Lipinski definition) is 1. The smallest absolute Gasteiger partial charge is 0.399 e. The second-order valence-electron chi connectivity index (χ2n) is 8.15. The summed E-state index contributed by atoms with van der Waals surface area (Å²) in [7, 11) is -0.441. The summed E-state index contributed by atoms with van der Waals surface area (Å²) in [6, 6.07) is 2.28. The minimum atomic E-state index is -0.441. The zero-order valence-electron chi connectivity index (χ0n) is 15.1. The molecule has 7 heteroatoms. The van der Waals surface area contributed by atoms with Gasteiger partial charge in [-0.2, -0.15) is 10.4 Å². The third-order valence-corrected chi connectivity index (χ3v) is 5.89. The predicted octanol–water partition coefficient (Wildman–Crippen LogP) is 2.24. The van der Waals surface area contributed by atoms with E-state index in [9.17, 15) is 5.26 Å². The Hall–Kier alpha value is -1.65. The van der Waals surface area contributed by atoms with Crippen molar-refractivity contribution in [2.24, 2.45) is 5.92 Å². The number of nitrogens with one attached hydrogen (secondary N) is 1. The zero-order valence-corrected chi connectivity index (χ0v) is 15.1. The first kappa shape index (κ1) is 17.2. The molecule has 1 aliphatic carbocycles. The Morgan fingerprint density at radius 3 is 2.46 bits per heavy atom. The molecule has 128 valence electrons. The third kappa shape index (κ3) is 2.58. The first-order valence-corrected chi connectivity index (χ1v) is 8.43. The van der Waals surface area contributed by atoms with Crippen molar-refractivity contribution in [1.82, 2.24) is 9.78 Å². The van der Waals surface area contributed by atoms with Gasteiger partial charge in [0, 0.05) is 29.5 Å². The van der Waals surface area contributed by atoms with Gasteiger partial charge in [0.1, 0.15) is 0 Å². The van der Waals surface area contributed by atoms with Gasteiger partial charge in [0.15, 0.2) is 0 Å². The number of aromatic nitrogens is 2. The van der Waals surface area contributed by atoms with Gasteiger partial charge in [-0.15, -0.1) is 0 Å². The van der Waals surface area contributed by atoms with Crippen LogP contribution in [0.5, 0.6) is 0 Å². The maximum atomic E-state index is 9.21. The van der Waals surface area contributed by atoms with Crippen LogP contribution in [0.1, 0.15) is 53.9 Å². The van der Waals surface area contributed by atoms with Crippen LogP contribution in [0.2, 0.25) is 0 Å². The normalized spacial score (nSPS) is 30.7. The van der Waals surface area contributed by atoms with E-state index in [2.05, 4.69) is 11.2 Å². The van der Waals surface area contributed by atoms with Crippen molar-refractivity contribution < 1.29 is 9.31 Å². The van der Waals surface area contributed by atoms with Gasteiger partial charge in [0.2, 0.25) is 0 Å². The van der Waals surface area contributed by atoms with Crippen molar-refractivity contribution in [3.63, 3.8) is 0 Å². The van der Waals surface area contributed by atoms with E-state index in [-0.39, 0.29) is 22.7 Å². The summed E-state index contributed by atoms with van der Waals surface area (Å²) in [6.07, 6.45) is 5.70. The largest absolute Gasteiger partial charge is 0.498 e. The van der Waals surface area contributed by atoms with E-state index in [1.165, 1.54) is 0 Å². The lowest BCUT2D eigenvalue weighted by atomic mass is 9.65. The lowest BCUT2D eigenvalue weighted by Crippen LogP contribution is -2.49. The summed E-state index contributed by atoms with van der Waals surface area (Å²) in [5.41, 5.74) is 0.484. The standard InChI is InChI=1S/C17H25BN4O2/c1-12(20)13-8-17(9-13,6-7-19)22-11-14(10-21-22)18-23-15(2,3)16(4,5)24-18/h10-11,13,20H,6,8-9H2,1-5H3. The molecule has 1 aliphatic heterocycles. The molecule has 1 aromatic heterocycles. The van der Waals surface area contributed by atoms with E-state index in [0.717, 1.165) is 18.3 Å². The SMILES string of the molecule is CC(=N)C1CC(CC#N)(n2cc(B3OC(C)(C)C(C)(C)O3)cn2)C1. The molecule has 0 amide bonds. The Labute approximate surface area is 143 Å². The maximum absolute atomic E-state index is 9.21. The fourth-order valence-electron chi connectivity index (χ4n) is 3.42. The van der Waals surface area contributed by atoms with Gasteiger partial charge in [0.25, 0.3) is 0 Å². The van der Waals surface area contributed by atoms with Crippen molar-refractivity contribution in [2.45, 2.75) is 70.6 Å². The molecule has 2 heterocycles. The van der Waals surface area contributed by atoms with Crippen molar-refractivity contribution >= 4 is 18.3 Å². The molecule has 1 saturated heterocycles. The van der Waals surface area contributed by atoms with Crippen LogP contribution in [0.3, 0.4) is 0 Å². The highest BCUT2D eigenvalue weighted by Crippen LogP contribution is 2.46. The molecule has 0 atom stereocenters. The van der Waals surface area contributed by atoms with Crippen LogP contribution < -0.4 is 5.46 Å². The van der Waals surface area contributed by atoms with E-state index in [1.807, 2.05) is 45.5 Å². The van der Waals surface area contributed by atoms with Crippen LogP contribution >= 0.6 is 0 Å².